The lowest BCUT2D eigenvalue weighted by Crippen LogP contribution is -2.26. The number of ether oxygens (including phenoxy) is 3. The maximum Gasteiger partial charge on any atom is 0.261 e. The molecule has 0 radical (unpaired) electrons. The highest BCUT2D eigenvalue weighted by atomic mass is 16.5. The number of amides is 1. The van der Waals surface area contributed by atoms with Gasteiger partial charge in [0.15, 0.2) is 11.5 Å². The molecule has 2 aromatic carbocycles. The van der Waals surface area contributed by atoms with Crippen LogP contribution in [0.25, 0.3) is 6.08 Å². The summed E-state index contributed by atoms with van der Waals surface area (Å²) in [6.07, 6.45) is 3.91. The number of pyridine rings is 1. The number of methoxy groups -OCH3 is 2. The van der Waals surface area contributed by atoms with E-state index in [1.54, 1.807) is 26.5 Å². The third kappa shape index (κ3) is 6.84. The lowest BCUT2D eigenvalue weighted by atomic mass is 10.0. The zero-order valence-corrected chi connectivity index (χ0v) is 20.4. The smallest absolute Gasteiger partial charge is 0.261 e. The Hall–Kier alpha value is -4.31. The van der Waals surface area contributed by atoms with Crippen LogP contribution in [0.1, 0.15) is 27.9 Å². The molecule has 3 aromatic rings. The van der Waals surface area contributed by atoms with E-state index >= 15 is 0 Å². The van der Waals surface area contributed by atoms with Gasteiger partial charge in [-0.15, -0.1) is 0 Å². The van der Waals surface area contributed by atoms with Crippen molar-refractivity contribution in [2.24, 2.45) is 0 Å². The van der Waals surface area contributed by atoms with E-state index in [-0.39, 0.29) is 5.57 Å². The number of benzene rings is 2. The van der Waals surface area contributed by atoms with Crippen molar-refractivity contribution in [1.29, 1.82) is 5.26 Å². The Labute approximate surface area is 206 Å². The quantitative estimate of drug-likeness (QED) is 0.344. The molecule has 0 atom stereocenters. The Kier molecular flexibility index (Phi) is 8.85. The number of aromatic nitrogens is 1. The summed E-state index contributed by atoms with van der Waals surface area (Å²) in [6.45, 7) is 4.62. The number of aryl methyl sites for hydroxylation is 2. The maximum atomic E-state index is 12.6. The van der Waals surface area contributed by atoms with Crippen LogP contribution in [0.4, 0.5) is 0 Å². The van der Waals surface area contributed by atoms with Gasteiger partial charge in [-0.2, -0.15) is 5.26 Å². The Balaban J connectivity index is 1.64. The van der Waals surface area contributed by atoms with Crippen LogP contribution in [0, 0.1) is 25.2 Å². The van der Waals surface area contributed by atoms with Crippen molar-refractivity contribution in [2.45, 2.75) is 26.9 Å². The second kappa shape index (κ2) is 12.2. The van der Waals surface area contributed by atoms with Crippen molar-refractivity contribution in [3.8, 4) is 23.3 Å². The fourth-order valence-electron chi connectivity index (χ4n) is 3.69. The van der Waals surface area contributed by atoms with Crippen molar-refractivity contribution < 1.29 is 19.0 Å². The molecule has 0 unspecified atom stereocenters. The van der Waals surface area contributed by atoms with Gasteiger partial charge in [-0.3, -0.25) is 9.78 Å². The van der Waals surface area contributed by atoms with E-state index in [9.17, 15) is 10.1 Å². The summed E-state index contributed by atoms with van der Waals surface area (Å²) in [5.74, 6) is 1.63. The molecule has 0 aliphatic heterocycles. The SMILES string of the molecule is COc1ccc(CCNC(=O)/C(C#N)=C/c2cc(C)c(OCc3ccccn3)c(C)c2)cc1OC. The van der Waals surface area contributed by atoms with Crippen LogP contribution in [0.15, 0.2) is 60.3 Å². The van der Waals surface area contributed by atoms with E-state index < -0.39 is 5.91 Å². The number of nitrogens with zero attached hydrogens (tertiary/aromatic N) is 2. The minimum atomic E-state index is -0.418. The summed E-state index contributed by atoms with van der Waals surface area (Å²) in [6, 6.07) is 17.1. The Morgan fingerprint density at radius 2 is 1.80 bits per heavy atom. The molecule has 1 heterocycles. The van der Waals surface area contributed by atoms with Crippen LogP contribution in [0.5, 0.6) is 17.2 Å². The molecule has 0 bridgehead atoms. The number of carbonyl (C=O) groups excluding carboxylic acids is 1. The molecule has 7 nitrogen and oxygen atoms in total. The largest absolute Gasteiger partial charge is 0.493 e. The first-order valence-electron chi connectivity index (χ1n) is 11.2. The minimum absolute atomic E-state index is 0.0401. The van der Waals surface area contributed by atoms with Crippen LogP contribution in [0.2, 0.25) is 0 Å². The monoisotopic (exact) mass is 471 g/mol. The molecule has 3 rings (SSSR count). The van der Waals surface area contributed by atoms with Gasteiger partial charge in [0.25, 0.3) is 5.91 Å². The van der Waals surface area contributed by atoms with Gasteiger partial charge in [-0.1, -0.05) is 12.1 Å². The third-order valence-electron chi connectivity index (χ3n) is 5.40. The second-order valence-corrected chi connectivity index (χ2v) is 7.96. The van der Waals surface area contributed by atoms with Crippen molar-refractivity contribution >= 4 is 12.0 Å². The topological polar surface area (TPSA) is 93.5 Å². The molecular formula is C28H29N3O4. The first kappa shape index (κ1) is 25.3. The number of nitriles is 1. The normalized spacial score (nSPS) is 10.9. The number of nitrogens with one attached hydrogen (secondary N) is 1. The number of carbonyl (C=O) groups is 1. The number of rotatable bonds is 10. The highest BCUT2D eigenvalue weighted by molar-refractivity contribution is 6.01. The predicted octanol–water partition coefficient (Wildman–Crippen LogP) is 4.56. The first-order valence-corrected chi connectivity index (χ1v) is 11.2. The van der Waals surface area contributed by atoms with Crippen molar-refractivity contribution in [1.82, 2.24) is 10.3 Å². The van der Waals surface area contributed by atoms with Gasteiger partial charge in [0, 0.05) is 12.7 Å². The van der Waals surface area contributed by atoms with E-state index in [1.807, 2.05) is 68.4 Å². The molecule has 0 spiro atoms. The van der Waals surface area contributed by atoms with Gasteiger partial charge in [-0.05, 0) is 85.0 Å². The zero-order valence-electron chi connectivity index (χ0n) is 20.4. The molecule has 0 saturated carbocycles. The average molecular weight is 472 g/mol. The fraction of sp³-hybridized carbons (Fsp3) is 0.250. The molecule has 1 amide bonds. The third-order valence-corrected chi connectivity index (χ3v) is 5.40. The van der Waals surface area contributed by atoms with Crippen LogP contribution in [0.3, 0.4) is 0 Å². The molecule has 7 heteroatoms. The molecular weight excluding hydrogens is 442 g/mol. The van der Waals surface area contributed by atoms with Gasteiger partial charge in [-0.25, -0.2) is 0 Å². The second-order valence-electron chi connectivity index (χ2n) is 7.96. The molecule has 0 aliphatic rings. The van der Waals surface area contributed by atoms with Gasteiger partial charge in [0.1, 0.15) is 24.0 Å². The van der Waals surface area contributed by atoms with E-state index in [4.69, 9.17) is 14.2 Å². The summed E-state index contributed by atoms with van der Waals surface area (Å²) in [7, 11) is 3.16. The summed E-state index contributed by atoms with van der Waals surface area (Å²) >= 11 is 0. The minimum Gasteiger partial charge on any atom is -0.493 e. The summed E-state index contributed by atoms with van der Waals surface area (Å²) in [5.41, 5.74) is 4.46. The van der Waals surface area contributed by atoms with Crippen LogP contribution >= 0.6 is 0 Å². The standard InChI is InChI=1S/C28H29N3O4/c1-19-13-22(14-20(2)27(19)35-18-24-7-5-6-11-30-24)15-23(17-29)28(32)31-12-10-21-8-9-25(33-3)26(16-21)34-4/h5-9,11,13-16H,10,12,18H2,1-4H3,(H,31,32)/b23-15+. The molecule has 1 aromatic heterocycles. The van der Waals surface area contributed by atoms with Crippen molar-refractivity contribution in [3.63, 3.8) is 0 Å². The Bertz CT molecular complexity index is 1220. The van der Waals surface area contributed by atoms with Crippen LogP contribution < -0.4 is 19.5 Å². The van der Waals surface area contributed by atoms with E-state index in [2.05, 4.69) is 10.3 Å². The van der Waals surface area contributed by atoms with E-state index in [0.29, 0.717) is 31.1 Å². The lowest BCUT2D eigenvalue weighted by Gasteiger charge is -2.13. The predicted molar refractivity (Wildman–Crippen MR) is 134 cm³/mol. The molecule has 0 aliphatic carbocycles. The molecule has 180 valence electrons. The van der Waals surface area contributed by atoms with Gasteiger partial charge >= 0.3 is 0 Å². The number of hydrogen-bond acceptors (Lipinski definition) is 6. The van der Waals surface area contributed by atoms with Crippen LogP contribution in [-0.4, -0.2) is 31.7 Å². The van der Waals surface area contributed by atoms with E-state index in [1.165, 1.54) is 0 Å². The molecule has 0 saturated heterocycles. The molecule has 35 heavy (non-hydrogen) atoms. The summed E-state index contributed by atoms with van der Waals surface area (Å²) < 4.78 is 16.5. The van der Waals surface area contributed by atoms with Crippen molar-refractivity contribution in [2.75, 3.05) is 20.8 Å². The van der Waals surface area contributed by atoms with Gasteiger partial charge in [0.05, 0.1) is 19.9 Å². The lowest BCUT2D eigenvalue weighted by molar-refractivity contribution is -0.117. The zero-order chi connectivity index (χ0) is 25.2. The summed E-state index contributed by atoms with van der Waals surface area (Å²) in [4.78, 5) is 16.9. The maximum absolute atomic E-state index is 12.6. The number of hydrogen-bond donors (Lipinski definition) is 1. The van der Waals surface area contributed by atoms with E-state index in [0.717, 1.165) is 33.7 Å². The Morgan fingerprint density at radius 3 is 2.43 bits per heavy atom. The van der Waals surface area contributed by atoms with Gasteiger partial charge < -0.3 is 19.5 Å². The highest BCUT2D eigenvalue weighted by Gasteiger charge is 2.12. The van der Waals surface area contributed by atoms with Crippen molar-refractivity contribution in [3.05, 3.63) is 88.2 Å². The fourth-order valence-corrected chi connectivity index (χ4v) is 3.69. The first-order chi connectivity index (χ1) is 16.9. The van der Waals surface area contributed by atoms with Gasteiger partial charge in [0.2, 0.25) is 0 Å². The Morgan fingerprint density at radius 1 is 1.06 bits per heavy atom. The molecule has 1 N–H and O–H groups in total. The summed E-state index contributed by atoms with van der Waals surface area (Å²) in [5, 5.41) is 12.4. The highest BCUT2D eigenvalue weighted by Crippen LogP contribution is 2.28. The van der Waals surface area contributed by atoms with Crippen LogP contribution in [-0.2, 0) is 17.8 Å². The average Bonchev–Trinajstić information content (AvgIpc) is 2.87. The molecule has 0 fully saturated rings.